The number of imidazole rings is 1. The van der Waals surface area contributed by atoms with Crippen molar-refractivity contribution in [2.45, 2.75) is 26.8 Å². The summed E-state index contributed by atoms with van der Waals surface area (Å²) in [5.41, 5.74) is 1.61. The Bertz CT molecular complexity index is 689. The van der Waals surface area contributed by atoms with Gasteiger partial charge in [0, 0.05) is 6.54 Å². The lowest BCUT2D eigenvalue weighted by Crippen LogP contribution is -2.33. The standard InChI is InChI=1S/C14H18ClN3OS/c1-8(2)7-16-13(19)9(3)18-12-10(15)5-4-6-11(12)17-14(18)20/h4-6,8-9H,7H2,1-3H3,(H,16,19)(H,17,20). The molecule has 1 unspecified atom stereocenters. The Kier molecular flexibility index (Phi) is 4.50. The number of hydrogen-bond donors (Lipinski definition) is 2. The molecule has 0 radical (unpaired) electrons. The van der Waals surface area contributed by atoms with Gasteiger partial charge in [-0.25, -0.2) is 0 Å². The molecule has 0 saturated carbocycles. The van der Waals surface area contributed by atoms with Crippen molar-refractivity contribution in [1.29, 1.82) is 0 Å². The Morgan fingerprint density at radius 3 is 2.80 bits per heavy atom. The molecule has 6 heteroatoms. The number of carbonyl (C=O) groups excluding carboxylic acids is 1. The van der Waals surface area contributed by atoms with Crippen molar-refractivity contribution in [2.75, 3.05) is 6.54 Å². The van der Waals surface area contributed by atoms with Crippen LogP contribution in [0.3, 0.4) is 0 Å². The van der Waals surface area contributed by atoms with E-state index in [9.17, 15) is 4.79 Å². The molecule has 2 rings (SSSR count). The van der Waals surface area contributed by atoms with Crippen LogP contribution in [0.2, 0.25) is 5.02 Å². The predicted octanol–water partition coefficient (Wildman–Crippen LogP) is 3.69. The van der Waals surface area contributed by atoms with E-state index in [0.29, 0.717) is 22.3 Å². The van der Waals surface area contributed by atoms with Crippen molar-refractivity contribution >= 4 is 40.8 Å². The molecule has 1 aromatic carbocycles. The highest BCUT2D eigenvalue weighted by molar-refractivity contribution is 7.71. The quantitative estimate of drug-likeness (QED) is 0.846. The minimum absolute atomic E-state index is 0.0596. The van der Waals surface area contributed by atoms with E-state index < -0.39 is 6.04 Å². The molecule has 108 valence electrons. The van der Waals surface area contributed by atoms with Crippen LogP contribution in [0.4, 0.5) is 0 Å². The number of benzene rings is 1. The second kappa shape index (κ2) is 5.97. The third kappa shape index (κ3) is 2.88. The second-order valence-corrected chi connectivity index (χ2v) is 6.05. The van der Waals surface area contributed by atoms with Gasteiger partial charge in [0.05, 0.1) is 16.1 Å². The van der Waals surface area contributed by atoms with Gasteiger partial charge in [-0.15, -0.1) is 0 Å². The summed E-state index contributed by atoms with van der Waals surface area (Å²) in [7, 11) is 0. The van der Waals surface area contributed by atoms with Gasteiger partial charge in [-0.05, 0) is 37.2 Å². The summed E-state index contributed by atoms with van der Waals surface area (Å²) in [6.45, 7) is 6.58. The van der Waals surface area contributed by atoms with Crippen molar-refractivity contribution in [2.24, 2.45) is 5.92 Å². The first-order chi connectivity index (χ1) is 9.41. The van der Waals surface area contributed by atoms with Crippen LogP contribution in [-0.4, -0.2) is 22.0 Å². The zero-order valence-electron chi connectivity index (χ0n) is 11.7. The van der Waals surface area contributed by atoms with Crippen LogP contribution in [0.5, 0.6) is 0 Å². The van der Waals surface area contributed by atoms with Crippen LogP contribution in [-0.2, 0) is 4.79 Å². The maximum Gasteiger partial charge on any atom is 0.242 e. The molecule has 1 atom stereocenters. The molecule has 0 fully saturated rings. The lowest BCUT2D eigenvalue weighted by Gasteiger charge is -2.16. The Labute approximate surface area is 128 Å². The van der Waals surface area contributed by atoms with Crippen LogP contribution < -0.4 is 5.32 Å². The van der Waals surface area contributed by atoms with Gasteiger partial charge < -0.3 is 14.9 Å². The largest absolute Gasteiger partial charge is 0.354 e. The van der Waals surface area contributed by atoms with Crippen molar-refractivity contribution < 1.29 is 4.79 Å². The number of nitrogens with one attached hydrogen (secondary N) is 2. The fraction of sp³-hybridized carbons (Fsp3) is 0.429. The average Bonchev–Trinajstić information content (AvgIpc) is 2.72. The highest BCUT2D eigenvalue weighted by atomic mass is 35.5. The van der Waals surface area contributed by atoms with E-state index in [0.717, 1.165) is 11.0 Å². The smallest absolute Gasteiger partial charge is 0.242 e. The lowest BCUT2D eigenvalue weighted by atomic mass is 10.2. The fourth-order valence-corrected chi connectivity index (χ4v) is 2.70. The van der Waals surface area contributed by atoms with Crippen molar-refractivity contribution in [3.63, 3.8) is 0 Å². The predicted molar refractivity (Wildman–Crippen MR) is 84.7 cm³/mol. The van der Waals surface area contributed by atoms with E-state index in [1.54, 1.807) is 10.6 Å². The second-order valence-electron chi connectivity index (χ2n) is 5.25. The number of fused-ring (bicyclic) bond motifs is 1. The van der Waals surface area contributed by atoms with Crippen LogP contribution in [0, 0.1) is 10.7 Å². The van der Waals surface area contributed by atoms with Gasteiger partial charge in [0.25, 0.3) is 0 Å². The Balaban J connectivity index is 2.39. The molecule has 1 heterocycles. The number of aromatic nitrogens is 2. The first kappa shape index (κ1) is 15.1. The number of nitrogens with zero attached hydrogens (tertiary/aromatic N) is 1. The number of hydrogen-bond acceptors (Lipinski definition) is 2. The van der Waals surface area contributed by atoms with E-state index in [-0.39, 0.29) is 5.91 Å². The SMILES string of the molecule is CC(C)CNC(=O)C(C)n1c(=S)[nH]c2cccc(Cl)c21. The van der Waals surface area contributed by atoms with Crippen molar-refractivity contribution in [3.05, 3.63) is 28.0 Å². The first-order valence-corrected chi connectivity index (χ1v) is 7.37. The van der Waals surface area contributed by atoms with E-state index in [2.05, 4.69) is 24.1 Å². The van der Waals surface area contributed by atoms with Crippen LogP contribution in [0.1, 0.15) is 26.8 Å². The summed E-state index contributed by atoms with van der Waals surface area (Å²) in [5.74, 6) is 0.348. The van der Waals surface area contributed by atoms with E-state index >= 15 is 0 Å². The fourth-order valence-electron chi connectivity index (χ4n) is 2.08. The summed E-state index contributed by atoms with van der Waals surface area (Å²) in [6.07, 6.45) is 0. The van der Waals surface area contributed by atoms with Crippen molar-refractivity contribution in [1.82, 2.24) is 14.9 Å². The number of rotatable bonds is 4. The van der Waals surface area contributed by atoms with E-state index in [4.69, 9.17) is 23.8 Å². The van der Waals surface area contributed by atoms with Crippen LogP contribution in [0.15, 0.2) is 18.2 Å². The minimum Gasteiger partial charge on any atom is -0.354 e. The molecule has 0 aliphatic carbocycles. The molecule has 1 amide bonds. The summed E-state index contributed by atoms with van der Waals surface area (Å²) in [5, 5.41) is 3.50. The van der Waals surface area contributed by atoms with E-state index in [1.807, 2.05) is 19.1 Å². The third-order valence-electron chi connectivity index (χ3n) is 3.14. The third-order valence-corrected chi connectivity index (χ3v) is 3.74. The molecule has 2 aromatic rings. The van der Waals surface area contributed by atoms with Crippen molar-refractivity contribution in [3.8, 4) is 0 Å². The zero-order valence-corrected chi connectivity index (χ0v) is 13.3. The zero-order chi connectivity index (χ0) is 14.9. The first-order valence-electron chi connectivity index (χ1n) is 6.58. The number of carbonyl (C=O) groups is 1. The molecule has 0 bridgehead atoms. The van der Waals surface area contributed by atoms with Crippen LogP contribution in [0.25, 0.3) is 11.0 Å². The normalized spacial score (nSPS) is 12.8. The number of H-pyrrole nitrogens is 1. The molecular formula is C14H18ClN3OS. The number of amides is 1. The summed E-state index contributed by atoms with van der Waals surface area (Å²) >= 11 is 11.5. The van der Waals surface area contributed by atoms with Gasteiger partial charge in [0.15, 0.2) is 4.77 Å². The molecule has 2 N–H and O–H groups in total. The van der Waals surface area contributed by atoms with Gasteiger partial charge in [-0.2, -0.15) is 0 Å². The minimum atomic E-state index is -0.408. The monoisotopic (exact) mass is 311 g/mol. The maximum atomic E-state index is 12.2. The Hall–Kier alpha value is -1.33. The summed E-state index contributed by atoms with van der Waals surface area (Å²) in [4.78, 5) is 15.3. The van der Waals surface area contributed by atoms with E-state index in [1.165, 1.54) is 0 Å². The molecule has 20 heavy (non-hydrogen) atoms. The molecule has 0 aliphatic rings. The highest BCUT2D eigenvalue weighted by Crippen LogP contribution is 2.26. The summed E-state index contributed by atoms with van der Waals surface area (Å²) < 4.78 is 2.27. The molecule has 0 spiro atoms. The Morgan fingerprint density at radius 2 is 2.15 bits per heavy atom. The Morgan fingerprint density at radius 1 is 1.45 bits per heavy atom. The topological polar surface area (TPSA) is 49.8 Å². The van der Waals surface area contributed by atoms with Gasteiger partial charge in [0.2, 0.25) is 5.91 Å². The van der Waals surface area contributed by atoms with Gasteiger partial charge in [0.1, 0.15) is 6.04 Å². The molecule has 0 saturated heterocycles. The lowest BCUT2D eigenvalue weighted by molar-refractivity contribution is -0.123. The highest BCUT2D eigenvalue weighted by Gasteiger charge is 2.19. The summed E-state index contributed by atoms with van der Waals surface area (Å²) in [6, 6.07) is 5.13. The van der Waals surface area contributed by atoms with Crippen LogP contribution >= 0.6 is 23.8 Å². The van der Waals surface area contributed by atoms with Gasteiger partial charge in [-0.1, -0.05) is 31.5 Å². The molecule has 1 aromatic heterocycles. The molecule has 4 nitrogen and oxygen atoms in total. The number of para-hydroxylation sites is 1. The maximum absolute atomic E-state index is 12.2. The molecular weight excluding hydrogens is 294 g/mol. The molecule has 0 aliphatic heterocycles. The van der Waals surface area contributed by atoms with Gasteiger partial charge in [-0.3, -0.25) is 4.79 Å². The average molecular weight is 312 g/mol. The number of halogens is 1. The van der Waals surface area contributed by atoms with Gasteiger partial charge >= 0.3 is 0 Å². The number of aromatic amines is 1.